The Morgan fingerprint density at radius 2 is 1.86 bits per heavy atom. The zero-order chi connectivity index (χ0) is 15.2. The van der Waals surface area contributed by atoms with Gasteiger partial charge in [-0.25, -0.2) is 4.39 Å². The molecule has 0 aliphatic heterocycles. The highest BCUT2D eigenvalue weighted by Crippen LogP contribution is 2.17. The summed E-state index contributed by atoms with van der Waals surface area (Å²) in [7, 11) is 0. The molecule has 0 heterocycles. The quantitative estimate of drug-likeness (QED) is 0.829. The molecule has 2 aromatic rings. The Morgan fingerprint density at radius 3 is 2.57 bits per heavy atom. The van der Waals surface area contributed by atoms with Crippen LogP contribution in [0, 0.1) is 5.82 Å². The van der Waals surface area contributed by atoms with E-state index in [1.54, 1.807) is 25.1 Å². The van der Waals surface area contributed by atoms with Crippen LogP contribution >= 0.6 is 0 Å². The van der Waals surface area contributed by atoms with Gasteiger partial charge < -0.3 is 11.1 Å². The Hall–Kier alpha value is -2.36. The second-order valence-electron chi connectivity index (χ2n) is 5.01. The van der Waals surface area contributed by atoms with Gasteiger partial charge in [0.1, 0.15) is 5.82 Å². The van der Waals surface area contributed by atoms with Crippen LogP contribution in [0.5, 0.6) is 0 Å². The lowest BCUT2D eigenvalue weighted by Crippen LogP contribution is -2.27. The predicted molar refractivity (Wildman–Crippen MR) is 82.1 cm³/mol. The molecule has 0 radical (unpaired) electrons. The van der Waals surface area contributed by atoms with Crippen LogP contribution in [0.15, 0.2) is 48.5 Å². The summed E-state index contributed by atoms with van der Waals surface area (Å²) in [4.78, 5) is 11.9. The third-order valence-electron chi connectivity index (χ3n) is 3.43. The predicted octanol–water partition coefficient (Wildman–Crippen LogP) is 3.22. The number of benzene rings is 2. The second kappa shape index (κ2) is 6.88. The fraction of sp³-hybridized carbons (Fsp3) is 0.235. The van der Waals surface area contributed by atoms with Crippen LogP contribution in [-0.4, -0.2) is 5.91 Å². The van der Waals surface area contributed by atoms with Crippen LogP contribution in [0.2, 0.25) is 0 Å². The molecule has 0 spiro atoms. The first-order valence-electron chi connectivity index (χ1n) is 6.95. The lowest BCUT2D eigenvalue weighted by Gasteiger charge is -2.15. The van der Waals surface area contributed by atoms with Gasteiger partial charge in [-0.3, -0.25) is 4.79 Å². The van der Waals surface area contributed by atoms with Gasteiger partial charge in [-0.1, -0.05) is 36.4 Å². The van der Waals surface area contributed by atoms with Crippen molar-refractivity contribution in [1.82, 2.24) is 5.32 Å². The average Bonchev–Trinajstić information content (AvgIpc) is 2.46. The highest BCUT2D eigenvalue weighted by atomic mass is 19.1. The summed E-state index contributed by atoms with van der Waals surface area (Å²) in [6, 6.07) is 13.6. The molecule has 1 atom stereocenters. The summed E-state index contributed by atoms with van der Waals surface area (Å²) >= 11 is 0. The lowest BCUT2D eigenvalue weighted by atomic mass is 10.1. The molecule has 0 saturated carbocycles. The molecule has 3 nitrogen and oxygen atoms in total. The number of rotatable bonds is 5. The van der Waals surface area contributed by atoms with Crippen molar-refractivity contribution in [3.8, 4) is 0 Å². The van der Waals surface area contributed by atoms with Crippen molar-refractivity contribution < 1.29 is 9.18 Å². The Morgan fingerprint density at radius 1 is 1.19 bits per heavy atom. The Labute approximate surface area is 124 Å². The maximum Gasteiger partial charge on any atom is 0.220 e. The summed E-state index contributed by atoms with van der Waals surface area (Å²) < 4.78 is 13.6. The summed E-state index contributed by atoms with van der Waals surface area (Å²) in [5.74, 6) is -0.424. The van der Waals surface area contributed by atoms with E-state index in [1.165, 1.54) is 6.07 Å². The van der Waals surface area contributed by atoms with Crippen molar-refractivity contribution in [1.29, 1.82) is 0 Å². The fourth-order valence-electron chi connectivity index (χ4n) is 2.23. The topological polar surface area (TPSA) is 55.1 Å². The number of hydrogen-bond acceptors (Lipinski definition) is 2. The van der Waals surface area contributed by atoms with E-state index in [0.29, 0.717) is 24.1 Å². The van der Waals surface area contributed by atoms with Gasteiger partial charge in [0.05, 0.1) is 6.04 Å². The minimum atomic E-state index is -0.355. The number of hydrogen-bond donors (Lipinski definition) is 2. The summed E-state index contributed by atoms with van der Waals surface area (Å²) in [6.45, 7) is 1.77. The van der Waals surface area contributed by atoms with Crippen LogP contribution < -0.4 is 11.1 Å². The Bertz CT molecular complexity index is 628. The summed E-state index contributed by atoms with van der Waals surface area (Å²) in [5.41, 5.74) is 7.97. The molecule has 110 valence electrons. The molecule has 21 heavy (non-hydrogen) atoms. The van der Waals surface area contributed by atoms with Crippen molar-refractivity contribution in [3.63, 3.8) is 0 Å². The normalized spacial score (nSPS) is 11.9. The number of carbonyl (C=O) groups is 1. The van der Waals surface area contributed by atoms with Gasteiger partial charge in [-0.2, -0.15) is 0 Å². The number of halogens is 1. The van der Waals surface area contributed by atoms with Crippen molar-refractivity contribution in [2.24, 2.45) is 0 Å². The highest BCUT2D eigenvalue weighted by molar-refractivity contribution is 5.77. The lowest BCUT2D eigenvalue weighted by molar-refractivity contribution is -0.121. The average molecular weight is 286 g/mol. The number of para-hydroxylation sites is 1. The molecule has 0 bridgehead atoms. The van der Waals surface area contributed by atoms with Crippen LogP contribution in [0.4, 0.5) is 10.1 Å². The number of carbonyl (C=O) groups excluding carboxylic acids is 1. The van der Waals surface area contributed by atoms with E-state index >= 15 is 0 Å². The van der Waals surface area contributed by atoms with E-state index in [2.05, 4.69) is 5.32 Å². The van der Waals surface area contributed by atoms with Gasteiger partial charge in [-0.15, -0.1) is 0 Å². The van der Waals surface area contributed by atoms with Crippen molar-refractivity contribution in [3.05, 3.63) is 65.5 Å². The molecule has 1 unspecified atom stereocenters. The van der Waals surface area contributed by atoms with E-state index in [-0.39, 0.29) is 17.8 Å². The van der Waals surface area contributed by atoms with E-state index in [1.807, 2.05) is 24.3 Å². The van der Waals surface area contributed by atoms with Gasteiger partial charge in [0.2, 0.25) is 5.91 Å². The van der Waals surface area contributed by atoms with Gasteiger partial charge in [0.25, 0.3) is 0 Å². The first-order valence-corrected chi connectivity index (χ1v) is 6.95. The molecule has 0 aromatic heterocycles. The van der Waals surface area contributed by atoms with Gasteiger partial charge >= 0.3 is 0 Å². The van der Waals surface area contributed by atoms with Gasteiger partial charge in [0, 0.05) is 17.7 Å². The van der Waals surface area contributed by atoms with E-state index < -0.39 is 0 Å². The monoisotopic (exact) mass is 286 g/mol. The molecule has 2 aromatic carbocycles. The molecule has 3 N–H and O–H groups in total. The number of nitrogens with two attached hydrogens (primary N) is 1. The summed E-state index contributed by atoms with van der Waals surface area (Å²) in [6.07, 6.45) is 0.898. The molecule has 0 aliphatic rings. The SMILES string of the molecule is CC(NC(=O)CCc1ccccc1N)c1ccccc1F. The van der Waals surface area contributed by atoms with Gasteiger partial charge in [0.15, 0.2) is 0 Å². The molecule has 0 fully saturated rings. The third-order valence-corrected chi connectivity index (χ3v) is 3.43. The second-order valence-corrected chi connectivity index (χ2v) is 5.01. The minimum absolute atomic E-state index is 0.117. The number of nitrogens with one attached hydrogen (secondary N) is 1. The number of aryl methyl sites for hydroxylation is 1. The van der Waals surface area contributed by atoms with Crippen molar-refractivity contribution in [2.75, 3.05) is 5.73 Å². The molecular formula is C17H19FN2O. The first-order chi connectivity index (χ1) is 10.1. The van der Waals surface area contributed by atoms with Crippen LogP contribution in [0.1, 0.15) is 30.5 Å². The minimum Gasteiger partial charge on any atom is -0.399 e. The van der Waals surface area contributed by atoms with Crippen molar-refractivity contribution >= 4 is 11.6 Å². The van der Waals surface area contributed by atoms with Crippen LogP contribution in [-0.2, 0) is 11.2 Å². The summed E-state index contributed by atoms with van der Waals surface area (Å²) in [5, 5.41) is 2.81. The first kappa shape index (κ1) is 15.0. The molecule has 4 heteroatoms. The maximum absolute atomic E-state index is 13.6. The highest BCUT2D eigenvalue weighted by Gasteiger charge is 2.13. The molecule has 2 rings (SSSR count). The number of anilines is 1. The van der Waals surface area contributed by atoms with Gasteiger partial charge in [-0.05, 0) is 31.0 Å². The Kier molecular flexibility index (Phi) is 4.93. The number of nitrogen functional groups attached to an aromatic ring is 1. The van der Waals surface area contributed by atoms with Crippen LogP contribution in [0.3, 0.4) is 0 Å². The molecular weight excluding hydrogens is 267 g/mol. The molecule has 0 aliphatic carbocycles. The van der Waals surface area contributed by atoms with E-state index in [4.69, 9.17) is 5.73 Å². The third kappa shape index (κ3) is 4.05. The van der Waals surface area contributed by atoms with E-state index in [0.717, 1.165) is 5.56 Å². The molecule has 0 saturated heterocycles. The molecule has 1 amide bonds. The van der Waals surface area contributed by atoms with E-state index in [9.17, 15) is 9.18 Å². The maximum atomic E-state index is 13.6. The Balaban J connectivity index is 1.90. The number of amides is 1. The largest absolute Gasteiger partial charge is 0.399 e. The zero-order valence-corrected chi connectivity index (χ0v) is 12.0. The zero-order valence-electron chi connectivity index (χ0n) is 12.0. The smallest absolute Gasteiger partial charge is 0.220 e. The van der Waals surface area contributed by atoms with Crippen molar-refractivity contribution in [2.45, 2.75) is 25.8 Å². The standard InChI is InChI=1S/C17H19FN2O/c1-12(14-7-3-4-8-15(14)18)20-17(21)11-10-13-6-2-5-9-16(13)19/h2-9,12H,10-11,19H2,1H3,(H,20,21). The van der Waals surface area contributed by atoms with Crippen LogP contribution in [0.25, 0.3) is 0 Å². The fourth-order valence-corrected chi connectivity index (χ4v) is 2.23.